The Morgan fingerprint density at radius 2 is 1.94 bits per heavy atom. The highest BCUT2D eigenvalue weighted by molar-refractivity contribution is 5.94. The van der Waals surface area contributed by atoms with Gasteiger partial charge in [0.1, 0.15) is 0 Å². The van der Waals surface area contributed by atoms with E-state index in [1.165, 1.54) is 0 Å². The van der Waals surface area contributed by atoms with E-state index in [-0.39, 0.29) is 18.1 Å². The molecule has 0 radical (unpaired) electrons. The van der Waals surface area contributed by atoms with Crippen LogP contribution < -0.4 is 0 Å². The van der Waals surface area contributed by atoms with Crippen molar-refractivity contribution in [3.8, 4) is 0 Å². The first-order valence-electron chi connectivity index (χ1n) is 6.80. The summed E-state index contributed by atoms with van der Waals surface area (Å²) in [6.07, 6.45) is 3.68. The van der Waals surface area contributed by atoms with Crippen LogP contribution in [-0.4, -0.2) is 34.6 Å². The summed E-state index contributed by atoms with van der Waals surface area (Å²) in [5.74, 6) is 0.776. The first kappa shape index (κ1) is 11.7. The number of nitrogens with zero attached hydrogens (tertiary/aromatic N) is 1. The lowest BCUT2D eigenvalue weighted by Crippen LogP contribution is -2.54. The number of carbonyl (C=O) groups excluding carboxylic acids is 1. The maximum atomic E-state index is 12.5. The van der Waals surface area contributed by atoms with Crippen LogP contribution in [0.5, 0.6) is 0 Å². The Morgan fingerprint density at radius 3 is 2.72 bits per heavy atom. The Morgan fingerprint density at radius 1 is 1.17 bits per heavy atom. The first-order valence-corrected chi connectivity index (χ1v) is 6.80. The van der Waals surface area contributed by atoms with Gasteiger partial charge in [0.2, 0.25) is 0 Å². The number of aliphatic hydroxyl groups excluding tert-OH is 1. The zero-order chi connectivity index (χ0) is 12.5. The quantitative estimate of drug-likeness (QED) is 0.822. The van der Waals surface area contributed by atoms with Gasteiger partial charge in [0.25, 0.3) is 5.91 Å². The number of hydrogen-bond acceptors (Lipinski definition) is 2. The first-order chi connectivity index (χ1) is 8.75. The summed E-state index contributed by atoms with van der Waals surface area (Å²) >= 11 is 0. The lowest BCUT2D eigenvalue weighted by molar-refractivity contribution is -0.0184. The monoisotopic (exact) mass is 245 g/mol. The maximum absolute atomic E-state index is 12.5. The van der Waals surface area contributed by atoms with Crippen molar-refractivity contribution >= 4 is 5.91 Å². The van der Waals surface area contributed by atoms with Gasteiger partial charge in [-0.15, -0.1) is 0 Å². The zero-order valence-corrected chi connectivity index (χ0v) is 10.5. The second-order valence-electron chi connectivity index (χ2n) is 5.47. The van der Waals surface area contributed by atoms with Gasteiger partial charge in [0.05, 0.1) is 12.1 Å². The molecule has 2 bridgehead atoms. The minimum atomic E-state index is -0.339. The van der Waals surface area contributed by atoms with Crippen LogP contribution in [0.1, 0.15) is 36.0 Å². The summed E-state index contributed by atoms with van der Waals surface area (Å²) < 4.78 is 0. The minimum absolute atomic E-state index is 0.0326. The molecule has 3 rings (SSSR count). The van der Waals surface area contributed by atoms with Gasteiger partial charge in [-0.1, -0.05) is 18.2 Å². The van der Waals surface area contributed by atoms with Crippen molar-refractivity contribution in [3.05, 3.63) is 35.9 Å². The van der Waals surface area contributed by atoms with Crippen LogP contribution in [0, 0.1) is 5.92 Å². The number of likely N-dealkylation sites (tertiary alicyclic amines) is 1. The third-order valence-corrected chi connectivity index (χ3v) is 4.35. The largest absolute Gasteiger partial charge is 0.391 e. The second-order valence-corrected chi connectivity index (χ2v) is 5.47. The van der Waals surface area contributed by atoms with Crippen LogP contribution in [0.2, 0.25) is 0 Å². The normalized spacial score (nSPS) is 31.2. The molecular formula is C15H19NO2. The molecule has 1 amide bonds. The van der Waals surface area contributed by atoms with Gasteiger partial charge in [-0.3, -0.25) is 4.79 Å². The fourth-order valence-electron chi connectivity index (χ4n) is 3.30. The summed E-state index contributed by atoms with van der Waals surface area (Å²) in [7, 11) is 0. The Kier molecular flexibility index (Phi) is 3.08. The fourth-order valence-corrected chi connectivity index (χ4v) is 3.30. The Hall–Kier alpha value is -1.35. The Labute approximate surface area is 107 Å². The van der Waals surface area contributed by atoms with Crippen molar-refractivity contribution in [1.29, 1.82) is 0 Å². The molecule has 3 nitrogen and oxygen atoms in total. The van der Waals surface area contributed by atoms with Crippen LogP contribution in [0.4, 0.5) is 0 Å². The lowest BCUT2D eigenvalue weighted by atomic mass is 9.78. The van der Waals surface area contributed by atoms with Crippen LogP contribution in [0.25, 0.3) is 0 Å². The van der Waals surface area contributed by atoms with E-state index in [9.17, 15) is 9.90 Å². The van der Waals surface area contributed by atoms with Gasteiger partial charge in [-0.2, -0.15) is 0 Å². The molecule has 0 unspecified atom stereocenters. The van der Waals surface area contributed by atoms with Crippen molar-refractivity contribution in [2.24, 2.45) is 5.92 Å². The number of piperidine rings is 1. The summed E-state index contributed by atoms with van der Waals surface area (Å²) in [6.45, 7) is 0.792. The average molecular weight is 245 g/mol. The molecule has 96 valence electrons. The molecule has 3 heteroatoms. The molecule has 18 heavy (non-hydrogen) atoms. The molecule has 1 saturated carbocycles. The molecule has 2 aliphatic rings. The highest BCUT2D eigenvalue weighted by Gasteiger charge is 2.39. The number of amides is 1. The van der Waals surface area contributed by atoms with Crippen LogP contribution in [-0.2, 0) is 0 Å². The van der Waals surface area contributed by atoms with E-state index in [1.54, 1.807) is 0 Å². The van der Waals surface area contributed by atoms with Gasteiger partial charge in [-0.25, -0.2) is 0 Å². The molecule has 1 N–H and O–H groups in total. The molecule has 0 spiro atoms. The number of hydrogen-bond donors (Lipinski definition) is 1. The van der Waals surface area contributed by atoms with Gasteiger partial charge in [0.15, 0.2) is 0 Å². The molecule has 3 atom stereocenters. The van der Waals surface area contributed by atoms with Crippen molar-refractivity contribution in [1.82, 2.24) is 4.90 Å². The summed E-state index contributed by atoms with van der Waals surface area (Å²) in [4.78, 5) is 14.3. The van der Waals surface area contributed by atoms with E-state index >= 15 is 0 Å². The molecule has 1 aliphatic carbocycles. The van der Waals surface area contributed by atoms with E-state index in [0.29, 0.717) is 5.92 Å². The molecule has 1 aliphatic heterocycles. The average Bonchev–Trinajstić information content (AvgIpc) is 2.44. The molecule has 1 aromatic carbocycles. The predicted octanol–water partition coefficient (Wildman–Crippen LogP) is 2.06. The van der Waals surface area contributed by atoms with Gasteiger partial charge in [-0.05, 0) is 43.7 Å². The Balaban J connectivity index is 1.81. The van der Waals surface area contributed by atoms with E-state index in [1.807, 2.05) is 35.2 Å². The molecule has 1 aromatic rings. The fraction of sp³-hybridized carbons (Fsp3) is 0.533. The van der Waals surface area contributed by atoms with E-state index < -0.39 is 0 Å². The predicted molar refractivity (Wildman–Crippen MR) is 69.2 cm³/mol. The molecule has 1 saturated heterocycles. The van der Waals surface area contributed by atoms with Gasteiger partial charge in [0, 0.05) is 12.1 Å². The number of rotatable bonds is 1. The van der Waals surface area contributed by atoms with Gasteiger partial charge < -0.3 is 10.0 Å². The van der Waals surface area contributed by atoms with Crippen LogP contribution >= 0.6 is 0 Å². The molecule has 1 heterocycles. The Bertz CT molecular complexity index is 431. The third-order valence-electron chi connectivity index (χ3n) is 4.35. The van der Waals surface area contributed by atoms with E-state index in [2.05, 4.69) is 0 Å². The molecule has 0 aromatic heterocycles. The van der Waals surface area contributed by atoms with Crippen molar-refractivity contribution < 1.29 is 9.90 Å². The lowest BCUT2D eigenvalue weighted by Gasteiger charge is -2.45. The number of aliphatic hydroxyl groups is 1. The summed E-state index contributed by atoms with van der Waals surface area (Å²) in [6, 6.07) is 9.42. The van der Waals surface area contributed by atoms with Crippen LogP contribution in [0.15, 0.2) is 30.3 Å². The van der Waals surface area contributed by atoms with E-state index in [4.69, 9.17) is 0 Å². The SMILES string of the molecule is O=C(c1ccccc1)N1CC[C@@H]2CC[C@H](O)[C@@H]1C2. The maximum Gasteiger partial charge on any atom is 0.254 e. The van der Waals surface area contributed by atoms with Crippen molar-refractivity contribution in [3.63, 3.8) is 0 Å². The minimum Gasteiger partial charge on any atom is -0.391 e. The molecular weight excluding hydrogens is 226 g/mol. The van der Waals surface area contributed by atoms with E-state index in [0.717, 1.165) is 37.8 Å². The number of carbonyl (C=O) groups is 1. The zero-order valence-electron chi connectivity index (χ0n) is 10.5. The highest BCUT2D eigenvalue weighted by atomic mass is 16.3. The number of benzene rings is 1. The topological polar surface area (TPSA) is 40.5 Å². The van der Waals surface area contributed by atoms with Crippen molar-refractivity contribution in [2.75, 3.05) is 6.54 Å². The second kappa shape index (κ2) is 4.73. The highest BCUT2D eigenvalue weighted by Crippen LogP contribution is 2.35. The molecule has 2 fully saturated rings. The van der Waals surface area contributed by atoms with Crippen LogP contribution in [0.3, 0.4) is 0 Å². The standard InChI is InChI=1S/C15H19NO2/c17-14-7-6-11-8-9-16(13(14)10-11)15(18)12-4-2-1-3-5-12/h1-5,11,13-14,17H,6-10H2/t11-,13-,14-/m0/s1. The smallest absolute Gasteiger partial charge is 0.254 e. The summed E-state index contributed by atoms with van der Waals surface area (Å²) in [5, 5.41) is 10.1. The third kappa shape index (κ3) is 2.03. The summed E-state index contributed by atoms with van der Waals surface area (Å²) in [5.41, 5.74) is 0.730. The van der Waals surface area contributed by atoms with Crippen molar-refractivity contribution in [2.45, 2.75) is 37.8 Å². The van der Waals surface area contributed by atoms with Gasteiger partial charge >= 0.3 is 0 Å². The number of fused-ring (bicyclic) bond motifs is 2.